The van der Waals surface area contributed by atoms with E-state index in [4.69, 9.17) is 16.7 Å². The second kappa shape index (κ2) is 3.96. The predicted molar refractivity (Wildman–Crippen MR) is 52.2 cm³/mol. The highest BCUT2D eigenvalue weighted by molar-refractivity contribution is 6.31. The quantitative estimate of drug-likeness (QED) is 0.826. The summed E-state index contributed by atoms with van der Waals surface area (Å²) in [5.41, 5.74) is 1.45. The summed E-state index contributed by atoms with van der Waals surface area (Å²) in [5.74, 6) is -1.45. The molecule has 0 radical (unpaired) electrons. The number of hydrogen-bond donors (Lipinski definition) is 1. The summed E-state index contributed by atoms with van der Waals surface area (Å²) in [6, 6.07) is 1.21. The fraction of sp³-hybridized carbons (Fsp3) is 0.300. The molecule has 14 heavy (non-hydrogen) atoms. The van der Waals surface area contributed by atoms with E-state index in [1.807, 2.05) is 0 Å². The number of carboxylic acids is 1. The summed E-state index contributed by atoms with van der Waals surface area (Å²) < 4.78 is 13.2. The molecular formula is C10H10ClFO2. The van der Waals surface area contributed by atoms with Crippen LogP contribution in [0.3, 0.4) is 0 Å². The summed E-state index contributed by atoms with van der Waals surface area (Å²) in [6.45, 7) is 3.24. The Hall–Kier alpha value is -1.09. The Labute approximate surface area is 86.3 Å². The topological polar surface area (TPSA) is 37.3 Å². The van der Waals surface area contributed by atoms with Crippen LogP contribution in [-0.4, -0.2) is 11.1 Å². The molecule has 0 aromatic heterocycles. The van der Waals surface area contributed by atoms with Crippen molar-refractivity contribution in [1.29, 1.82) is 0 Å². The van der Waals surface area contributed by atoms with E-state index < -0.39 is 11.8 Å². The van der Waals surface area contributed by atoms with E-state index in [9.17, 15) is 9.18 Å². The van der Waals surface area contributed by atoms with Crippen molar-refractivity contribution in [3.63, 3.8) is 0 Å². The fourth-order valence-corrected chi connectivity index (χ4v) is 1.52. The van der Waals surface area contributed by atoms with Gasteiger partial charge in [0.1, 0.15) is 5.82 Å². The van der Waals surface area contributed by atoms with Crippen LogP contribution >= 0.6 is 11.6 Å². The van der Waals surface area contributed by atoms with Crippen molar-refractivity contribution < 1.29 is 14.3 Å². The molecule has 0 fully saturated rings. The lowest BCUT2D eigenvalue weighted by Crippen LogP contribution is -2.06. The molecule has 2 nitrogen and oxygen atoms in total. The van der Waals surface area contributed by atoms with Gasteiger partial charge in [-0.25, -0.2) is 4.39 Å². The maximum atomic E-state index is 13.2. The first-order valence-electron chi connectivity index (χ1n) is 4.09. The van der Waals surface area contributed by atoms with Crippen LogP contribution in [0.4, 0.5) is 4.39 Å². The van der Waals surface area contributed by atoms with Gasteiger partial charge < -0.3 is 5.11 Å². The molecule has 0 atom stereocenters. The minimum Gasteiger partial charge on any atom is -0.481 e. The lowest BCUT2D eigenvalue weighted by atomic mass is 9.99. The molecule has 0 saturated carbocycles. The van der Waals surface area contributed by atoms with Gasteiger partial charge in [-0.1, -0.05) is 11.6 Å². The maximum absolute atomic E-state index is 13.2. The molecule has 1 aromatic rings. The molecule has 0 amide bonds. The molecule has 0 aliphatic rings. The predicted octanol–water partition coefficient (Wildman–Crippen LogP) is 2.72. The Morgan fingerprint density at radius 3 is 2.57 bits per heavy atom. The SMILES string of the molecule is Cc1c(F)cc(Cl)c(C)c1CC(=O)O. The fourth-order valence-electron chi connectivity index (χ4n) is 1.31. The highest BCUT2D eigenvalue weighted by Crippen LogP contribution is 2.25. The van der Waals surface area contributed by atoms with Crippen LogP contribution in [0.1, 0.15) is 16.7 Å². The maximum Gasteiger partial charge on any atom is 0.307 e. The molecule has 4 heteroatoms. The number of benzene rings is 1. The van der Waals surface area contributed by atoms with Crippen LogP contribution in [-0.2, 0) is 11.2 Å². The number of aliphatic carboxylic acids is 1. The van der Waals surface area contributed by atoms with Gasteiger partial charge in [0.25, 0.3) is 0 Å². The first-order valence-corrected chi connectivity index (χ1v) is 4.47. The summed E-state index contributed by atoms with van der Waals surface area (Å²) in [5, 5.41) is 8.90. The van der Waals surface area contributed by atoms with Crippen molar-refractivity contribution in [3.8, 4) is 0 Å². The highest BCUT2D eigenvalue weighted by Gasteiger charge is 2.13. The van der Waals surface area contributed by atoms with Crippen molar-refractivity contribution in [2.75, 3.05) is 0 Å². The molecule has 1 N–H and O–H groups in total. The number of halogens is 2. The van der Waals surface area contributed by atoms with Gasteiger partial charge in [-0.3, -0.25) is 4.79 Å². The zero-order chi connectivity index (χ0) is 10.9. The summed E-state index contributed by atoms with van der Waals surface area (Å²) in [7, 11) is 0. The van der Waals surface area contributed by atoms with E-state index in [0.29, 0.717) is 16.7 Å². The molecule has 1 rings (SSSR count). The van der Waals surface area contributed by atoms with Gasteiger partial charge in [0.2, 0.25) is 0 Å². The molecule has 0 heterocycles. The molecular weight excluding hydrogens is 207 g/mol. The normalized spacial score (nSPS) is 10.3. The Bertz CT molecular complexity index is 362. The Morgan fingerprint density at radius 2 is 2.07 bits per heavy atom. The highest BCUT2D eigenvalue weighted by atomic mass is 35.5. The molecule has 0 saturated heterocycles. The number of carboxylic acid groups (broad SMARTS) is 1. The summed E-state index contributed by atoms with van der Waals surface area (Å²) in [4.78, 5) is 10.5. The van der Waals surface area contributed by atoms with Crippen molar-refractivity contribution in [1.82, 2.24) is 0 Å². The minimum atomic E-state index is -0.988. The third-order valence-electron chi connectivity index (χ3n) is 2.20. The molecule has 0 aliphatic heterocycles. The van der Waals surface area contributed by atoms with Crippen molar-refractivity contribution >= 4 is 17.6 Å². The van der Waals surface area contributed by atoms with E-state index in [2.05, 4.69) is 0 Å². The third kappa shape index (κ3) is 2.04. The summed E-state index contributed by atoms with van der Waals surface area (Å²) >= 11 is 5.74. The molecule has 0 bridgehead atoms. The number of carbonyl (C=O) groups is 1. The van der Waals surface area contributed by atoms with Crippen LogP contribution in [0.5, 0.6) is 0 Å². The average Bonchev–Trinajstić information content (AvgIpc) is 2.09. The van der Waals surface area contributed by atoms with Crippen LogP contribution in [0, 0.1) is 19.7 Å². The van der Waals surface area contributed by atoms with Crippen LogP contribution < -0.4 is 0 Å². The van der Waals surface area contributed by atoms with Crippen molar-refractivity contribution in [3.05, 3.63) is 33.6 Å². The van der Waals surface area contributed by atoms with Crippen LogP contribution in [0.15, 0.2) is 6.07 Å². The van der Waals surface area contributed by atoms with Gasteiger partial charge >= 0.3 is 5.97 Å². The lowest BCUT2D eigenvalue weighted by molar-refractivity contribution is -0.136. The minimum absolute atomic E-state index is 0.199. The lowest BCUT2D eigenvalue weighted by Gasteiger charge is -2.10. The average molecular weight is 217 g/mol. The van der Waals surface area contributed by atoms with Gasteiger partial charge in [-0.05, 0) is 36.6 Å². The number of rotatable bonds is 2. The van der Waals surface area contributed by atoms with Gasteiger partial charge in [-0.2, -0.15) is 0 Å². The zero-order valence-corrected chi connectivity index (χ0v) is 8.65. The largest absolute Gasteiger partial charge is 0.481 e. The Balaban J connectivity index is 3.31. The molecule has 0 spiro atoms. The van der Waals surface area contributed by atoms with Crippen molar-refractivity contribution in [2.24, 2.45) is 0 Å². The standard InChI is InChI=1S/C10H10ClFO2/c1-5-7(3-10(13)14)6(2)9(12)4-8(5)11/h4H,3H2,1-2H3,(H,13,14). The molecule has 1 aromatic carbocycles. The third-order valence-corrected chi connectivity index (χ3v) is 2.60. The number of hydrogen-bond acceptors (Lipinski definition) is 1. The van der Waals surface area contributed by atoms with Gasteiger partial charge in [0.15, 0.2) is 0 Å². The summed E-state index contributed by atoms with van der Waals surface area (Å²) in [6.07, 6.45) is -0.199. The van der Waals surface area contributed by atoms with Gasteiger partial charge in [0.05, 0.1) is 6.42 Å². The van der Waals surface area contributed by atoms with E-state index in [1.54, 1.807) is 13.8 Å². The Kier molecular flexibility index (Phi) is 3.11. The Morgan fingerprint density at radius 1 is 1.50 bits per heavy atom. The monoisotopic (exact) mass is 216 g/mol. The first-order chi connectivity index (χ1) is 6.43. The second-order valence-corrected chi connectivity index (χ2v) is 3.55. The van der Waals surface area contributed by atoms with E-state index in [-0.39, 0.29) is 11.4 Å². The van der Waals surface area contributed by atoms with Crippen LogP contribution in [0.2, 0.25) is 5.02 Å². The van der Waals surface area contributed by atoms with E-state index in [1.165, 1.54) is 6.07 Å². The molecule has 0 unspecified atom stereocenters. The molecule has 0 aliphatic carbocycles. The zero-order valence-electron chi connectivity index (χ0n) is 7.90. The van der Waals surface area contributed by atoms with E-state index in [0.717, 1.165) is 0 Å². The second-order valence-electron chi connectivity index (χ2n) is 3.14. The molecule has 76 valence electrons. The van der Waals surface area contributed by atoms with Gasteiger partial charge in [0, 0.05) is 5.02 Å². The van der Waals surface area contributed by atoms with Gasteiger partial charge in [-0.15, -0.1) is 0 Å². The van der Waals surface area contributed by atoms with E-state index >= 15 is 0 Å². The van der Waals surface area contributed by atoms with Crippen molar-refractivity contribution in [2.45, 2.75) is 20.3 Å². The van der Waals surface area contributed by atoms with Crippen LogP contribution in [0.25, 0.3) is 0 Å². The smallest absolute Gasteiger partial charge is 0.307 e. The first kappa shape index (κ1) is 11.0.